The third-order valence-electron chi connectivity index (χ3n) is 5.34. The summed E-state index contributed by atoms with van der Waals surface area (Å²) in [5.74, 6) is 0.965. The predicted molar refractivity (Wildman–Crippen MR) is 115 cm³/mol. The van der Waals surface area contributed by atoms with Crippen molar-refractivity contribution in [3.63, 3.8) is 0 Å². The van der Waals surface area contributed by atoms with E-state index in [1.807, 2.05) is 0 Å². The molecule has 0 amide bonds. The number of hydrogen-bond donors (Lipinski definition) is 0. The maximum Gasteiger partial charge on any atom is 0.119 e. The minimum absolute atomic E-state index is 0.719. The summed E-state index contributed by atoms with van der Waals surface area (Å²) in [5, 5.41) is 0. The molecule has 0 bridgehead atoms. The van der Waals surface area contributed by atoms with E-state index in [4.69, 9.17) is 9.47 Å². The van der Waals surface area contributed by atoms with Crippen LogP contribution in [0, 0.1) is 0 Å². The number of rotatable bonds is 11. The second kappa shape index (κ2) is 11.8. The fraction of sp³-hybridized carbons (Fsp3) is 0.500. The van der Waals surface area contributed by atoms with Gasteiger partial charge < -0.3 is 9.47 Å². The van der Waals surface area contributed by atoms with Crippen molar-refractivity contribution in [3.05, 3.63) is 65.7 Å². The molecule has 1 aliphatic heterocycles. The lowest BCUT2D eigenvalue weighted by atomic mass is 10.1. The Hall–Kier alpha value is -1.88. The van der Waals surface area contributed by atoms with Crippen LogP contribution >= 0.6 is 0 Å². The Balaban J connectivity index is 1.34. The van der Waals surface area contributed by atoms with Crippen LogP contribution in [0.1, 0.15) is 24.5 Å². The van der Waals surface area contributed by atoms with E-state index in [9.17, 15) is 0 Å². The maximum absolute atomic E-state index is 5.97. The number of morpholine rings is 1. The zero-order valence-corrected chi connectivity index (χ0v) is 17.2. The monoisotopic (exact) mass is 382 g/mol. The fourth-order valence-corrected chi connectivity index (χ4v) is 3.57. The predicted octanol–water partition coefficient (Wildman–Crippen LogP) is 3.85. The van der Waals surface area contributed by atoms with Crippen LogP contribution in [0.3, 0.4) is 0 Å². The normalized spacial score (nSPS) is 15.1. The fourth-order valence-electron chi connectivity index (χ4n) is 3.57. The van der Waals surface area contributed by atoms with Gasteiger partial charge >= 0.3 is 0 Å². The second-order valence-electron chi connectivity index (χ2n) is 7.40. The largest absolute Gasteiger partial charge is 0.492 e. The van der Waals surface area contributed by atoms with E-state index < -0.39 is 0 Å². The summed E-state index contributed by atoms with van der Waals surface area (Å²) in [6, 6.07) is 19.3. The number of aryl methyl sites for hydroxylation is 1. The Morgan fingerprint density at radius 3 is 2.43 bits per heavy atom. The molecule has 3 rings (SSSR count). The molecule has 1 saturated heterocycles. The Morgan fingerprint density at radius 1 is 0.964 bits per heavy atom. The third-order valence-corrected chi connectivity index (χ3v) is 5.34. The molecule has 1 fully saturated rings. The summed E-state index contributed by atoms with van der Waals surface area (Å²) in [4.78, 5) is 4.91. The van der Waals surface area contributed by atoms with Crippen LogP contribution in [0.4, 0.5) is 0 Å². The minimum Gasteiger partial charge on any atom is -0.492 e. The van der Waals surface area contributed by atoms with Crippen molar-refractivity contribution in [2.24, 2.45) is 0 Å². The number of benzene rings is 2. The summed E-state index contributed by atoms with van der Waals surface area (Å²) in [6.07, 6.45) is 2.32. The van der Waals surface area contributed by atoms with Crippen LogP contribution in [-0.2, 0) is 17.7 Å². The SMILES string of the molecule is CCN(CCOc1ccc(CCCN2CCOCC2)cc1)Cc1ccccc1. The van der Waals surface area contributed by atoms with Gasteiger partial charge in [-0.2, -0.15) is 0 Å². The van der Waals surface area contributed by atoms with E-state index >= 15 is 0 Å². The van der Waals surface area contributed by atoms with Gasteiger partial charge in [0.25, 0.3) is 0 Å². The van der Waals surface area contributed by atoms with Gasteiger partial charge in [-0.1, -0.05) is 49.4 Å². The molecule has 4 heteroatoms. The van der Waals surface area contributed by atoms with Crippen molar-refractivity contribution >= 4 is 0 Å². The van der Waals surface area contributed by atoms with Crippen LogP contribution in [0.15, 0.2) is 54.6 Å². The Kier molecular flexibility index (Phi) is 8.82. The number of likely N-dealkylation sites (N-methyl/N-ethyl adjacent to an activating group) is 1. The third kappa shape index (κ3) is 7.27. The Bertz CT molecular complexity index is 654. The van der Waals surface area contributed by atoms with Gasteiger partial charge in [0.15, 0.2) is 0 Å². The maximum atomic E-state index is 5.97. The van der Waals surface area contributed by atoms with Crippen LogP contribution in [0.25, 0.3) is 0 Å². The van der Waals surface area contributed by atoms with Crippen molar-refractivity contribution in [3.8, 4) is 5.75 Å². The molecule has 0 saturated carbocycles. The number of nitrogens with zero attached hydrogens (tertiary/aromatic N) is 2. The average Bonchev–Trinajstić information content (AvgIpc) is 2.75. The van der Waals surface area contributed by atoms with E-state index in [1.54, 1.807) is 0 Å². The van der Waals surface area contributed by atoms with E-state index in [0.717, 1.165) is 71.3 Å². The van der Waals surface area contributed by atoms with E-state index in [2.05, 4.69) is 71.3 Å². The molecule has 0 atom stereocenters. The zero-order valence-electron chi connectivity index (χ0n) is 17.2. The molecule has 0 spiro atoms. The van der Waals surface area contributed by atoms with Gasteiger partial charge in [0, 0.05) is 26.2 Å². The van der Waals surface area contributed by atoms with Crippen molar-refractivity contribution < 1.29 is 9.47 Å². The van der Waals surface area contributed by atoms with Crippen molar-refractivity contribution in [2.45, 2.75) is 26.3 Å². The van der Waals surface area contributed by atoms with Gasteiger partial charge in [-0.3, -0.25) is 9.80 Å². The standard InChI is InChI=1S/C24H34N2O2/c1-2-25(21-23-7-4-3-5-8-23)17-20-28-24-12-10-22(11-13-24)9-6-14-26-15-18-27-19-16-26/h3-5,7-8,10-13H,2,6,9,14-21H2,1H3. The number of hydrogen-bond acceptors (Lipinski definition) is 4. The smallest absolute Gasteiger partial charge is 0.119 e. The molecule has 0 unspecified atom stereocenters. The van der Waals surface area contributed by atoms with Gasteiger partial charge in [0.1, 0.15) is 12.4 Å². The minimum atomic E-state index is 0.719. The van der Waals surface area contributed by atoms with Crippen LogP contribution in [-0.4, -0.2) is 62.3 Å². The Labute approximate surface area is 170 Å². The summed E-state index contributed by atoms with van der Waals surface area (Å²) in [7, 11) is 0. The van der Waals surface area contributed by atoms with Crippen LogP contribution in [0.5, 0.6) is 5.75 Å². The van der Waals surface area contributed by atoms with Crippen LogP contribution in [0.2, 0.25) is 0 Å². The quantitative estimate of drug-likeness (QED) is 0.589. The molecule has 2 aromatic rings. The summed E-state index contributed by atoms with van der Waals surface area (Å²) in [6.45, 7) is 10.9. The molecular formula is C24H34N2O2. The van der Waals surface area contributed by atoms with E-state index in [1.165, 1.54) is 17.5 Å². The molecule has 1 heterocycles. The first-order valence-electron chi connectivity index (χ1n) is 10.6. The highest BCUT2D eigenvalue weighted by Gasteiger charge is 2.09. The lowest BCUT2D eigenvalue weighted by Gasteiger charge is -2.26. The average molecular weight is 383 g/mol. The van der Waals surface area contributed by atoms with Crippen molar-refractivity contribution in [2.75, 3.05) is 52.5 Å². The highest BCUT2D eigenvalue weighted by atomic mass is 16.5. The van der Waals surface area contributed by atoms with E-state index in [-0.39, 0.29) is 0 Å². The lowest BCUT2D eigenvalue weighted by Crippen LogP contribution is -2.36. The van der Waals surface area contributed by atoms with Gasteiger partial charge in [0.2, 0.25) is 0 Å². The van der Waals surface area contributed by atoms with Gasteiger partial charge in [0.05, 0.1) is 13.2 Å². The highest BCUT2D eigenvalue weighted by molar-refractivity contribution is 5.27. The summed E-state index contributed by atoms with van der Waals surface area (Å²) >= 11 is 0. The van der Waals surface area contributed by atoms with Gasteiger partial charge in [-0.05, 0) is 49.2 Å². The molecule has 0 N–H and O–H groups in total. The molecular weight excluding hydrogens is 348 g/mol. The molecule has 2 aromatic carbocycles. The van der Waals surface area contributed by atoms with Gasteiger partial charge in [-0.15, -0.1) is 0 Å². The molecule has 1 aliphatic rings. The molecule has 0 radical (unpaired) electrons. The first kappa shape index (κ1) is 20.8. The molecule has 0 aliphatic carbocycles. The lowest BCUT2D eigenvalue weighted by molar-refractivity contribution is 0.0374. The first-order valence-corrected chi connectivity index (χ1v) is 10.6. The highest BCUT2D eigenvalue weighted by Crippen LogP contribution is 2.14. The molecule has 4 nitrogen and oxygen atoms in total. The zero-order chi connectivity index (χ0) is 19.4. The summed E-state index contributed by atoms with van der Waals surface area (Å²) in [5.41, 5.74) is 2.74. The molecule has 28 heavy (non-hydrogen) atoms. The van der Waals surface area contributed by atoms with Crippen molar-refractivity contribution in [1.82, 2.24) is 9.80 Å². The number of ether oxygens (including phenoxy) is 2. The summed E-state index contributed by atoms with van der Waals surface area (Å²) < 4.78 is 11.4. The molecule has 152 valence electrons. The molecule has 0 aromatic heterocycles. The van der Waals surface area contributed by atoms with E-state index in [0.29, 0.717) is 0 Å². The second-order valence-corrected chi connectivity index (χ2v) is 7.40. The van der Waals surface area contributed by atoms with Crippen molar-refractivity contribution in [1.29, 1.82) is 0 Å². The van der Waals surface area contributed by atoms with Gasteiger partial charge in [-0.25, -0.2) is 0 Å². The topological polar surface area (TPSA) is 24.9 Å². The Morgan fingerprint density at radius 2 is 1.71 bits per heavy atom. The first-order chi connectivity index (χ1) is 13.8. The van der Waals surface area contributed by atoms with Crippen LogP contribution < -0.4 is 4.74 Å².